The third-order valence-corrected chi connectivity index (χ3v) is 4.20. The summed E-state index contributed by atoms with van der Waals surface area (Å²) in [4.78, 5) is 4.40. The zero-order chi connectivity index (χ0) is 12.4. The van der Waals surface area contributed by atoms with Gasteiger partial charge in [-0.2, -0.15) is 0 Å². The van der Waals surface area contributed by atoms with E-state index in [0.29, 0.717) is 0 Å². The molecule has 18 heavy (non-hydrogen) atoms. The maximum atomic E-state index is 5.12. The van der Waals surface area contributed by atoms with E-state index >= 15 is 0 Å². The van der Waals surface area contributed by atoms with Crippen molar-refractivity contribution in [1.82, 2.24) is 9.55 Å². The molecule has 0 unspecified atom stereocenters. The van der Waals surface area contributed by atoms with E-state index in [9.17, 15) is 0 Å². The summed E-state index contributed by atoms with van der Waals surface area (Å²) in [5, 5.41) is 3.54. The van der Waals surface area contributed by atoms with Gasteiger partial charge in [0, 0.05) is 32.6 Å². The summed E-state index contributed by atoms with van der Waals surface area (Å²) < 4.78 is 7.26. The van der Waals surface area contributed by atoms with Crippen LogP contribution in [0.2, 0.25) is 0 Å². The van der Waals surface area contributed by atoms with Crippen LogP contribution in [0.1, 0.15) is 25.7 Å². The SMILES string of the molecule is COCCn1ccnc1NCC(C1CC1)C1CC1. The first-order chi connectivity index (χ1) is 8.88. The average molecular weight is 249 g/mol. The Morgan fingerprint density at radius 3 is 2.72 bits per heavy atom. The number of imidazole rings is 1. The number of hydrogen-bond donors (Lipinski definition) is 1. The summed E-state index contributed by atoms with van der Waals surface area (Å²) in [5.41, 5.74) is 0. The molecule has 0 atom stereocenters. The highest BCUT2D eigenvalue weighted by atomic mass is 16.5. The highest BCUT2D eigenvalue weighted by Gasteiger charge is 2.41. The van der Waals surface area contributed by atoms with Crippen molar-refractivity contribution < 1.29 is 4.74 Å². The Balaban J connectivity index is 1.53. The topological polar surface area (TPSA) is 39.1 Å². The Morgan fingerprint density at radius 1 is 1.39 bits per heavy atom. The third-order valence-electron chi connectivity index (χ3n) is 4.20. The summed E-state index contributed by atoms with van der Waals surface area (Å²) in [7, 11) is 1.74. The first-order valence-electron chi connectivity index (χ1n) is 7.12. The molecule has 0 aromatic carbocycles. The molecule has 0 bridgehead atoms. The molecule has 0 radical (unpaired) electrons. The molecule has 4 heteroatoms. The molecule has 1 heterocycles. The van der Waals surface area contributed by atoms with E-state index in [1.54, 1.807) is 7.11 Å². The second-order valence-corrected chi connectivity index (χ2v) is 5.66. The Hall–Kier alpha value is -1.03. The fraction of sp³-hybridized carbons (Fsp3) is 0.786. The minimum Gasteiger partial charge on any atom is -0.383 e. The molecular weight excluding hydrogens is 226 g/mol. The van der Waals surface area contributed by atoms with Gasteiger partial charge < -0.3 is 14.6 Å². The first kappa shape index (κ1) is 12.0. The molecular formula is C14H23N3O. The average Bonchev–Trinajstić information content (AvgIpc) is 3.28. The van der Waals surface area contributed by atoms with Gasteiger partial charge in [-0.1, -0.05) is 0 Å². The van der Waals surface area contributed by atoms with Gasteiger partial charge in [-0.25, -0.2) is 4.98 Å². The third kappa shape index (κ3) is 2.86. The van der Waals surface area contributed by atoms with Gasteiger partial charge in [0.15, 0.2) is 0 Å². The minimum atomic E-state index is 0.736. The Labute approximate surface area is 109 Å². The Morgan fingerprint density at radius 2 is 2.11 bits per heavy atom. The lowest BCUT2D eigenvalue weighted by Crippen LogP contribution is -2.20. The van der Waals surface area contributed by atoms with Crippen LogP contribution in [0.25, 0.3) is 0 Å². The second kappa shape index (κ2) is 5.31. The van der Waals surface area contributed by atoms with Crippen molar-refractivity contribution in [1.29, 1.82) is 0 Å². The maximum Gasteiger partial charge on any atom is 0.202 e. The predicted molar refractivity (Wildman–Crippen MR) is 71.5 cm³/mol. The van der Waals surface area contributed by atoms with E-state index in [1.165, 1.54) is 25.7 Å². The Kier molecular flexibility index (Phi) is 3.55. The number of aromatic nitrogens is 2. The van der Waals surface area contributed by atoms with Gasteiger partial charge in [0.25, 0.3) is 0 Å². The van der Waals surface area contributed by atoms with E-state index < -0.39 is 0 Å². The molecule has 3 rings (SSSR count). The van der Waals surface area contributed by atoms with Crippen molar-refractivity contribution in [2.75, 3.05) is 25.6 Å². The fourth-order valence-corrected chi connectivity index (χ4v) is 2.82. The fourth-order valence-electron chi connectivity index (χ4n) is 2.82. The van der Waals surface area contributed by atoms with E-state index in [4.69, 9.17) is 4.74 Å². The molecule has 2 aliphatic carbocycles. The number of methoxy groups -OCH3 is 1. The Bertz CT molecular complexity index is 370. The standard InChI is InChI=1S/C14H23N3O/c1-18-9-8-17-7-6-15-14(17)16-10-13(11-2-3-11)12-4-5-12/h6-7,11-13H,2-5,8-10H2,1H3,(H,15,16). The lowest BCUT2D eigenvalue weighted by Gasteiger charge is -2.17. The van der Waals surface area contributed by atoms with Crippen LogP contribution in [0.3, 0.4) is 0 Å². The zero-order valence-corrected chi connectivity index (χ0v) is 11.1. The molecule has 1 aromatic rings. The van der Waals surface area contributed by atoms with Crippen LogP contribution in [-0.4, -0.2) is 29.8 Å². The molecule has 4 nitrogen and oxygen atoms in total. The largest absolute Gasteiger partial charge is 0.383 e. The summed E-state index contributed by atoms with van der Waals surface area (Å²) >= 11 is 0. The number of hydrogen-bond acceptors (Lipinski definition) is 3. The zero-order valence-electron chi connectivity index (χ0n) is 11.1. The molecule has 0 aliphatic heterocycles. The maximum absolute atomic E-state index is 5.12. The lowest BCUT2D eigenvalue weighted by atomic mass is 9.98. The van der Waals surface area contributed by atoms with Crippen LogP contribution >= 0.6 is 0 Å². The summed E-state index contributed by atoms with van der Waals surface area (Å²) in [6, 6.07) is 0. The highest BCUT2D eigenvalue weighted by Crippen LogP contribution is 2.49. The van der Waals surface area contributed by atoms with Gasteiger partial charge in [-0.3, -0.25) is 0 Å². The van der Waals surface area contributed by atoms with Crippen molar-refractivity contribution >= 4 is 5.95 Å². The predicted octanol–water partition coefficient (Wildman–Crippen LogP) is 2.38. The molecule has 0 saturated heterocycles. The van der Waals surface area contributed by atoms with Crippen LogP contribution in [0.5, 0.6) is 0 Å². The quantitative estimate of drug-likeness (QED) is 0.769. The van der Waals surface area contributed by atoms with Crippen LogP contribution < -0.4 is 5.32 Å². The minimum absolute atomic E-state index is 0.736. The van der Waals surface area contributed by atoms with Gasteiger partial charge in [0.05, 0.1) is 6.61 Å². The van der Waals surface area contributed by atoms with Gasteiger partial charge in [-0.15, -0.1) is 0 Å². The molecule has 0 spiro atoms. The van der Waals surface area contributed by atoms with E-state index in [2.05, 4.69) is 14.9 Å². The van der Waals surface area contributed by atoms with Gasteiger partial charge in [0.1, 0.15) is 0 Å². The van der Waals surface area contributed by atoms with Crippen LogP contribution in [0.4, 0.5) is 5.95 Å². The molecule has 2 fully saturated rings. The first-order valence-corrected chi connectivity index (χ1v) is 7.12. The summed E-state index contributed by atoms with van der Waals surface area (Å²) in [5.74, 6) is 3.87. The molecule has 1 aromatic heterocycles. The summed E-state index contributed by atoms with van der Waals surface area (Å²) in [6.45, 7) is 2.70. The summed E-state index contributed by atoms with van der Waals surface area (Å²) in [6.07, 6.45) is 9.66. The van der Waals surface area contributed by atoms with Crippen molar-refractivity contribution in [2.24, 2.45) is 17.8 Å². The molecule has 1 N–H and O–H groups in total. The van der Waals surface area contributed by atoms with E-state index in [0.717, 1.165) is 43.4 Å². The second-order valence-electron chi connectivity index (χ2n) is 5.66. The van der Waals surface area contributed by atoms with Gasteiger partial charge in [0.2, 0.25) is 5.95 Å². The van der Waals surface area contributed by atoms with Gasteiger partial charge in [-0.05, 0) is 43.4 Å². The highest BCUT2D eigenvalue weighted by molar-refractivity contribution is 5.26. The lowest BCUT2D eigenvalue weighted by molar-refractivity contribution is 0.187. The number of ether oxygens (including phenoxy) is 1. The molecule has 2 aliphatic rings. The monoisotopic (exact) mass is 249 g/mol. The van der Waals surface area contributed by atoms with Crippen molar-refractivity contribution in [2.45, 2.75) is 32.2 Å². The van der Waals surface area contributed by atoms with Crippen molar-refractivity contribution in [3.8, 4) is 0 Å². The normalized spacial score (nSPS) is 19.4. The molecule has 100 valence electrons. The number of rotatable bonds is 8. The molecule has 0 amide bonds. The number of anilines is 1. The number of nitrogens with one attached hydrogen (secondary N) is 1. The van der Waals surface area contributed by atoms with Gasteiger partial charge >= 0.3 is 0 Å². The molecule has 2 saturated carbocycles. The van der Waals surface area contributed by atoms with Crippen molar-refractivity contribution in [3.63, 3.8) is 0 Å². The smallest absolute Gasteiger partial charge is 0.202 e. The van der Waals surface area contributed by atoms with Crippen molar-refractivity contribution in [3.05, 3.63) is 12.4 Å². The van der Waals surface area contributed by atoms with E-state index in [-0.39, 0.29) is 0 Å². The van der Waals surface area contributed by atoms with Crippen LogP contribution in [-0.2, 0) is 11.3 Å². The number of nitrogens with zero attached hydrogens (tertiary/aromatic N) is 2. The van der Waals surface area contributed by atoms with Crippen LogP contribution in [0.15, 0.2) is 12.4 Å². The van der Waals surface area contributed by atoms with Crippen LogP contribution in [0, 0.1) is 17.8 Å². The van der Waals surface area contributed by atoms with E-state index in [1.807, 2.05) is 12.4 Å².